The van der Waals surface area contributed by atoms with Crippen LogP contribution in [0.1, 0.15) is 31.7 Å². The number of benzene rings is 2. The number of nitrogens with zero attached hydrogens (tertiary/aromatic N) is 2. The van der Waals surface area contributed by atoms with Crippen molar-refractivity contribution in [2.24, 2.45) is 0 Å². The molecule has 0 radical (unpaired) electrons. The maximum absolute atomic E-state index is 13.6. The summed E-state index contributed by atoms with van der Waals surface area (Å²) in [5.74, 6) is -0.547. The van der Waals surface area contributed by atoms with Gasteiger partial charge < -0.3 is 20.2 Å². The number of carbonyl (C=O) groups is 1. The molecule has 6 rings (SSSR count). The normalized spacial score (nSPS) is 35.4. The first kappa shape index (κ1) is 21.4. The van der Waals surface area contributed by atoms with Gasteiger partial charge in [0.2, 0.25) is 5.91 Å². The minimum atomic E-state index is -1.51. The molecular weight excluding hydrogens is 428 g/mol. The molecule has 0 aromatic heterocycles. The second kappa shape index (κ2) is 7.45. The van der Waals surface area contributed by atoms with Gasteiger partial charge in [0.05, 0.1) is 17.6 Å². The van der Waals surface area contributed by atoms with Crippen LogP contribution in [0, 0.1) is 0 Å². The molecule has 2 saturated heterocycles. The maximum atomic E-state index is 13.6. The Morgan fingerprint density at radius 1 is 1.03 bits per heavy atom. The van der Waals surface area contributed by atoms with Crippen molar-refractivity contribution in [1.29, 1.82) is 0 Å². The van der Waals surface area contributed by atoms with Crippen LogP contribution in [0.4, 0.5) is 0 Å². The van der Waals surface area contributed by atoms with Gasteiger partial charge >= 0.3 is 0 Å². The lowest BCUT2D eigenvalue weighted by atomic mass is 9.74. The van der Waals surface area contributed by atoms with E-state index in [1.165, 1.54) is 6.08 Å². The Kier molecular flexibility index (Phi) is 4.70. The number of aliphatic hydroxyl groups excluding tert-OH is 2. The van der Waals surface area contributed by atoms with Crippen molar-refractivity contribution in [1.82, 2.24) is 9.80 Å². The summed E-state index contributed by atoms with van der Waals surface area (Å²) in [6, 6.07) is 13.9. The van der Waals surface area contributed by atoms with Crippen molar-refractivity contribution in [2.45, 2.75) is 55.8 Å². The molecule has 2 aromatic rings. The van der Waals surface area contributed by atoms with Crippen molar-refractivity contribution in [3.05, 3.63) is 83.3 Å². The summed E-state index contributed by atoms with van der Waals surface area (Å²) in [4.78, 5) is 17.6. The zero-order valence-electron chi connectivity index (χ0n) is 19.3. The predicted molar refractivity (Wildman–Crippen MR) is 130 cm³/mol. The van der Waals surface area contributed by atoms with Crippen molar-refractivity contribution in [3.8, 4) is 0 Å². The minimum Gasteiger partial charge on any atom is -0.504 e. The molecule has 4 atom stereocenters. The summed E-state index contributed by atoms with van der Waals surface area (Å²) in [5, 5.41) is 35.5. The van der Waals surface area contributed by atoms with E-state index in [0.717, 1.165) is 34.8 Å². The van der Waals surface area contributed by atoms with E-state index in [2.05, 4.69) is 42.2 Å². The van der Waals surface area contributed by atoms with E-state index in [4.69, 9.17) is 0 Å². The average molecular weight is 459 g/mol. The SMILES string of the molecule is CCCCN1C[C@H]2C3=CC4(Cc5ccc6ccccc6c5)N2[C@@H](CC4(O)/C=C(O)\C(O)=C/3)C1=O. The molecule has 0 saturated carbocycles. The highest BCUT2D eigenvalue weighted by molar-refractivity contribution is 5.86. The van der Waals surface area contributed by atoms with Crippen LogP contribution in [0.5, 0.6) is 0 Å². The number of hydrogen-bond donors (Lipinski definition) is 3. The lowest BCUT2D eigenvalue weighted by Gasteiger charge is -2.47. The fourth-order valence-electron chi connectivity index (χ4n) is 6.57. The van der Waals surface area contributed by atoms with Gasteiger partial charge in [-0.05, 0) is 46.9 Å². The number of unbranched alkanes of at least 4 members (excludes halogenated alkanes) is 1. The van der Waals surface area contributed by atoms with E-state index < -0.39 is 17.2 Å². The molecule has 6 heteroatoms. The zero-order chi connectivity index (χ0) is 23.7. The van der Waals surface area contributed by atoms with Gasteiger partial charge in [-0.3, -0.25) is 9.69 Å². The van der Waals surface area contributed by atoms with Crippen LogP contribution in [0.2, 0.25) is 0 Å². The van der Waals surface area contributed by atoms with Gasteiger partial charge in [0, 0.05) is 19.5 Å². The van der Waals surface area contributed by atoms with Crippen LogP contribution in [0.3, 0.4) is 0 Å². The number of aliphatic hydroxyl groups is 3. The van der Waals surface area contributed by atoms with Gasteiger partial charge in [-0.15, -0.1) is 0 Å². The van der Waals surface area contributed by atoms with E-state index in [0.29, 0.717) is 19.5 Å². The standard InChI is InChI=1S/C28H30N2O4/c1-2-3-10-29-17-23-21-12-24(31)25(32)16-28(34)15-22(26(29)33)30(23)27(28,14-21)13-18-8-9-19-6-4-5-7-20(19)11-18/h4-9,11-12,14,16,22-23,31-32,34H,2-3,10,13,15,17H2,1H3/b24-12+,25-16+/t22-,23-,27?,28?/m0/s1. The largest absolute Gasteiger partial charge is 0.504 e. The Morgan fingerprint density at radius 2 is 1.82 bits per heavy atom. The molecule has 3 aliphatic heterocycles. The van der Waals surface area contributed by atoms with Crippen LogP contribution in [-0.4, -0.2) is 67.3 Å². The van der Waals surface area contributed by atoms with Gasteiger partial charge in [0.25, 0.3) is 0 Å². The van der Waals surface area contributed by atoms with Crippen LogP contribution in [0.15, 0.2) is 77.8 Å². The van der Waals surface area contributed by atoms with Gasteiger partial charge in [0.1, 0.15) is 5.60 Å². The van der Waals surface area contributed by atoms with Crippen LogP contribution < -0.4 is 0 Å². The second-order valence-corrected chi connectivity index (χ2v) is 10.2. The topological polar surface area (TPSA) is 84.2 Å². The van der Waals surface area contributed by atoms with Crippen LogP contribution in [0.25, 0.3) is 10.8 Å². The Hall–Kier alpha value is -3.09. The Labute approximate surface area is 199 Å². The molecule has 2 unspecified atom stereocenters. The molecule has 2 bridgehead atoms. The highest BCUT2D eigenvalue weighted by atomic mass is 16.3. The molecule has 4 aliphatic rings. The first-order chi connectivity index (χ1) is 16.3. The Balaban J connectivity index is 1.49. The fraction of sp³-hybridized carbons (Fsp3) is 0.393. The summed E-state index contributed by atoms with van der Waals surface area (Å²) in [7, 11) is 0. The number of carbonyl (C=O) groups excluding carboxylic acids is 1. The highest BCUT2D eigenvalue weighted by Gasteiger charge is 2.68. The van der Waals surface area contributed by atoms with Gasteiger partial charge in [0.15, 0.2) is 11.5 Å². The molecule has 34 heavy (non-hydrogen) atoms. The maximum Gasteiger partial charge on any atom is 0.240 e. The molecule has 6 nitrogen and oxygen atoms in total. The summed E-state index contributed by atoms with van der Waals surface area (Å²) in [5.41, 5.74) is -0.504. The summed E-state index contributed by atoms with van der Waals surface area (Å²) in [6.45, 7) is 3.31. The predicted octanol–water partition coefficient (Wildman–Crippen LogP) is 3.77. The molecule has 176 valence electrons. The van der Waals surface area contributed by atoms with E-state index in [1.54, 1.807) is 6.08 Å². The average Bonchev–Trinajstić information content (AvgIpc) is 3.25. The summed E-state index contributed by atoms with van der Waals surface area (Å²) < 4.78 is 0. The number of rotatable bonds is 5. The molecular formula is C28H30N2O4. The van der Waals surface area contributed by atoms with E-state index >= 15 is 0 Å². The number of fused-ring (bicyclic) bond motifs is 2. The smallest absolute Gasteiger partial charge is 0.240 e. The van der Waals surface area contributed by atoms with Crippen molar-refractivity contribution in [3.63, 3.8) is 0 Å². The highest BCUT2D eigenvalue weighted by Crippen LogP contribution is 2.55. The lowest BCUT2D eigenvalue weighted by molar-refractivity contribution is -0.144. The van der Waals surface area contributed by atoms with Crippen LogP contribution in [-0.2, 0) is 11.2 Å². The first-order valence-corrected chi connectivity index (χ1v) is 12.2. The van der Waals surface area contributed by atoms with Crippen LogP contribution >= 0.6 is 0 Å². The van der Waals surface area contributed by atoms with Gasteiger partial charge in [-0.25, -0.2) is 0 Å². The minimum absolute atomic E-state index is 0.0415. The second-order valence-electron chi connectivity index (χ2n) is 10.2. The van der Waals surface area contributed by atoms with Crippen molar-refractivity contribution >= 4 is 16.7 Å². The Bertz CT molecular complexity index is 1280. The number of piperazine rings is 1. The molecule has 2 aromatic carbocycles. The molecule has 1 aliphatic carbocycles. The van der Waals surface area contributed by atoms with Gasteiger partial charge in [-0.2, -0.15) is 0 Å². The monoisotopic (exact) mass is 458 g/mol. The molecule has 3 N–H and O–H groups in total. The quantitative estimate of drug-likeness (QED) is 0.635. The first-order valence-electron chi connectivity index (χ1n) is 12.2. The fourth-order valence-corrected chi connectivity index (χ4v) is 6.57. The lowest BCUT2D eigenvalue weighted by Crippen LogP contribution is -2.64. The zero-order valence-corrected chi connectivity index (χ0v) is 19.3. The summed E-state index contributed by atoms with van der Waals surface area (Å²) >= 11 is 0. The van der Waals surface area contributed by atoms with Crippen molar-refractivity contribution in [2.75, 3.05) is 13.1 Å². The van der Waals surface area contributed by atoms with Crippen molar-refractivity contribution < 1.29 is 20.1 Å². The number of hydrogen-bond acceptors (Lipinski definition) is 5. The van der Waals surface area contributed by atoms with Gasteiger partial charge in [-0.1, -0.05) is 61.9 Å². The number of amides is 1. The molecule has 0 spiro atoms. The molecule has 1 amide bonds. The molecule has 2 fully saturated rings. The van der Waals surface area contributed by atoms with E-state index in [1.807, 2.05) is 23.1 Å². The van der Waals surface area contributed by atoms with E-state index in [-0.39, 0.29) is 29.9 Å². The Morgan fingerprint density at radius 3 is 2.62 bits per heavy atom. The third kappa shape index (κ3) is 2.91. The third-order valence-electron chi connectivity index (χ3n) is 8.18. The van der Waals surface area contributed by atoms with E-state index in [9.17, 15) is 20.1 Å². The molecule has 3 heterocycles. The third-order valence-corrected chi connectivity index (χ3v) is 8.18. The summed E-state index contributed by atoms with van der Waals surface area (Å²) in [6.07, 6.45) is 7.60.